The number of likely N-dealkylation sites (tertiary alicyclic amines) is 1. The van der Waals surface area contributed by atoms with Crippen LogP contribution in [-0.2, 0) is 22.4 Å². The number of nitrogens with two attached hydrogens (primary N) is 1. The molecule has 3 aromatic heterocycles. The van der Waals surface area contributed by atoms with E-state index in [-0.39, 0.29) is 0 Å². The van der Waals surface area contributed by atoms with Crippen molar-refractivity contribution in [2.45, 2.75) is 25.7 Å². The van der Waals surface area contributed by atoms with Gasteiger partial charge in [0.15, 0.2) is 0 Å². The van der Waals surface area contributed by atoms with Gasteiger partial charge in [-0.15, -0.1) is 11.3 Å². The first-order valence-corrected chi connectivity index (χ1v) is 11.5. The van der Waals surface area contributed by atoms with E-state index in [9.17, 15) is 4.79 Å². The zero-order valence-electron chi connectivity index (χ0n) is 17.6. The molecule has 166 valence electrons. The predicted octanol–water partition coefficient (Wildman–Crippen LogP) is 2.76. The number of carbonyl (C=O) groups excluding carboxylic acids is 1. The lowest BCUT2D eigenvalue weighted by Crippen LogP contribution is -2.65. The Morgan fingerprint density at radius 3 is 2.75 bits per heavy atom. The molecule has 0 bridgehead atoms. The number of nitrogens with zero attached hydrogens (tertiary/aromatic N) is 4. The van der Waals surface area contributed by atoms with E-state index >= 15 is 0 Å². The number of aryl methyl sites for hydroxylation is 2. The van der Waals surface area contributed by atoms with Crippen LogP contribution in [0.1, 0.15) is 28.8 Å². The van der Waals surface area contributed by atoms with Crippen molar-refractivity contribution < 1.29 is 9.53 Å². The molecule has 32 heavy (non-hydrogen) atoms. The van der Waals surface area contributed by atoms with Gasteiger partial charge in [-0.3, -0.25) is 4.79 Å². The Balaban J connectivity index is 0.000000199. The molecule has 0 saturated carbocycles. The highest BCUT2D eigenvalue weighted by Crippen LogP contribution is 2.39. The van der Waals surface area contributed by atoms with Gasteiger partial charge in [0.1, 0.15) is 22.8 Å². The lowest BCUT2D eigenvalue weighted by atomic mass is 9.78. The monoisotopic (exact) mass is 451 g/mol. The van der Waals surface area contributed by atoms with Gasteiger partial charge in [0.05, 0.1) is 35.9 Å². The van der Waals surface area contributed by atoms with Crippen LogP contribution in [0.5, 0.6) is 0 Å². The van der Waals surface area contributed by atoms with Gasteiger partial charge in [-0.05, 0) is 37.3 Å². The fraction of sp³-hybridized carbons (Fsp3) is 0.409. The summed E-state index contributed by atoms with van der Waals surface area (Å²) in [6.07, 6.45) is 9.95. The third kappa shape index (κ3) is 3.80. The molecule has 3 aliphatic rings. The molecule has 3 aromatic rings. The topological polar surface area (TPSA) is 130 Å². The summed E-state index contributed by atoms with van der Waals surface area (Å²) in [5.74, 6) is 1.41. The predicted molar refractivity (Wildman–Crippen MR) is 125 cm³/mol. The lowest BCUT2D eigenvalue weighted by molar-refractivity contribution is -0.188. The Hall–Kier alpha value is -3.11. The van der Waals surface area contributed by atoms with Crippen LogP contribution in [-0.4, -0.2) is 58.8 Å². The average molecular weight is 452 g/mol. The number of thiophene rings is 1. The summed E-state index contributed by atoms with van der Waals surface area (Å²) >= 11 is 1.77. The first-order valence-electron chi connectivity index (χ1n) is 10.7. The van der Waals surface area contributed by atoms with Crippen molar-refractivity contribution >= 4 is 51.5 Å². The highest BCUT2D eigenvalue weighted by atomic mass is 32.1. The van der Waals surface area contributed by atoms with E-state index in [4.69, 9.17) is 15.9 Å². The maximum atomic E-state index is 10.1. The number of pyridine rings is 1. The summed E-state index contributed by atoms with van der Waals surface area (Å²) in [6, 6.07) is 1.76. The Morgan fingerprint density at radius 1 is 1.22 bits per heavy atom. The Labute approximate surface area is 189 Å². The number of amides is 1. The summed E-state index contributed by atoms with van der Waals surface area (Å²) in [6.45, 7) is 3.54. The SMILES string of the molecule is N=Cc1cc(Nc2ncnc3sc4c(c23)CCCC4)ncc1N.O=CN1CC2(COC2)C1. The number of hydrogen-bond acceptors (Lipinski definition) is 9. The largest absolute Gasteiger partial charge is 0.397 e. The molecule has 9 nitrogen and oxygen atoms in total. The van der Waals surface area contributed by atoms with Crippen LogP contribution in [0.2, 0.25) is 0 Å². The van der Waals surface area contributed by atoms with Gasteiger partial charge in [0.2, 0.25) is 6.41 Å². The molecule has 10 heteroatoms. The molecular weight excluding hydrogens is 426 g/mol. The van der Waals surface area contributed by atoms with Gasteiger partial charge >= 0.3 is 0 Å². The maximum absolute atomic E-state index is 10.1. The van der Waals surface area contributed by atoms with Crippen LogP contribution in [0.25, 0.3) is 10.2 Å². The molecule has 0 radical (unpaired) electrons. The summed E-state index contributed by atoms with van der Waals surface area (Å²) in [4.78, 5) is 27.5. The van der Waals surface area contributed by atoms with Crippen molar-refractivity contribution in [3.05, 3.63) is 34.6 Å². The number of nitrogens with one attached hydrogen (secondary N) is 2. The number of aromatic nitrogens is 3. The Kier molecular flexibility index (Phi) is 5.48. The zero-order valence-corrected chi connectivity index (χ0v) is 18.5. The van der Waals surface area contributed by atoms with Gasteiger partial charge < -0.3 is 26.1 Å². The van der Waals surface area contributed by atoms with E-state index < -0.39 is 0 Å². The van der Waals surface area contributed by atoms with Crippen LogP contribution in [0.3, 0.4) is 0 Å². The van der Waals surface area contributed by atoms with Crippen molar-refractivity contribution in [3.63, 3.8) is 0 Å². The van der Waals surface area contributed by atoms with Gasteiger partial charge in [0, 0.05) is 29.7 Å². The molecule has 2 saturated heterocycles. The quantitative estimate of drug-likeness (QED) is 0.411. The highest BCUT2D eigenvalue weighted by molar-refractivity contribution is 7.19. The number of rotatable bonds is 4. The fourth-order valence-corrected chi connectivity index (χ4v) is 5.67. The molecule has 0 unspecified atom stereocenters. The Morgan fingerprint density at radius 2 is 2.03 bits per heavy atom. The van der Waals surface area contributed by atoms with Crippen LogP contribution in [0.15, 0.2) is 18.6 Å². The first kappa shape index (κ1) is 20.8. The minimum atomic E-state index is 0.390. The third-order valence-corrected chi connectivity index (χ3v) is 7.36. The third-order valence-electron chi connectivity index (χ3n) is 6.16. The van der Waals surface area contributed by atoms with Gasteiger partial charge in [-0.1, -0.05) is 0 Å². The molecule has 2 fully saturated rings. The number of anilines is 3. The number of carbonyl (C=O) groups is 1. The van der Waals surface area contributed by atoms with Crippen LogP contribution in [0.4, 0.5) is 17.3 Å². The second kappa shape index (κ2) is 8.44. The van der Waals surface area contributed by atoms with Gasteiger partial charge in [0.25, 0.3) is 0 Å². The van der Waals surface area contributed by atoms with Crippen LogP contribution >= 0.6 is 11.3 Å². The van der Waals surface area contributed by atoms with Crippen molar-refractivity contribution in [2.24, 2.45) is 5.41 Å². The second-order valence-electron chi connectivity index (χ2n) is 8.58. The number of nitrogen functional groups attached to an aromatic ring is 1. The minimum Gasteiger partial charge on any atom is -0.397 e. The summed E-state index contributed by atoms with van der Waals surface area (Å²) in [5, 5.41) is 11.8. The molecule has 1 amide bonds. The molecule has 2 aliphatic heterocycles. The van der Waals surface area contributed by atoms with E-state index in [1.165, 1.54) is 29.5 Å². The smallest absolute Gasteiger partial charge is 0.209 e. The van der Waals surface area contributed by atoms with E-state index in [0.717, 1.165) is 61.6 Å². The van der Waals surface area contributed by atoms with Crippen LogP contribution < -0.4 is 11.1 Å². The molecular formula is C22H25N7O2S. The minimum absolute atomic E-state index is 0.390. The first-order chi connectivity index (χ1) is 15.6. The Bertz CT molecular complexity index is 1170. The molecule has 4 N–H and O–H groups in total. The molecule has 0 atom stereocenters. The molecule has 1 spiro atoms. The number of fused-ring (bicyclic) bond motifs is 3. The molecule has 0 aromatic carbocycles. The van der Waals surface area contributed by atoms with Crippen molar-refractivity contribution in [2.75, 3.05) is 37.4 Å². The van der Waals surface area contributed by atoms with E-state index in [1.807, 2.05) is 0 Å². The van der Waals surface area contributed by atoms with E-state index in [0.29, 0.717) is 22.5 Å². The van der Waals surface area contributed by atoms with E-state index in [1.54, 1.807) is 34.8 Å². The van der Waals surface area contributed by atoms with E-state index in [2.05, 4.69) is 20.3 Å². The molecule has 6 rings (SSSR count). The van der Waals surface area contributed by atoms with Gasteiger partial charge in [-0.25, -0.2) is 15.0 Å². The average Bonchev–Trinajstić information content (AvgIpc) is 3.13. The standard InChI is InChI=1S/C16H16N6S.C6H9NO2/c17-6-9-5-13(19-7-11(9)18)22-15-14-10-3-1-2-4-12(10)23-16(14)21-8-20-15;8-5-7-1-6(2-7)3-9-4-6/h5-8,17H,1-4,18H2,(H,19,20,21,22);5H,1-4H2. The normalized spacial score (nSPS) is 18.1. The summed E-state index contributed by atoms with van der Waals surface area (Å²) in [5.41, 5.74) is 8.69. The number of ether oxygens (including phenoxy) is 1. The summed E-state index contributed by atoms with van der Waals surface area (Å²) < 4.78 is 5.03. The summed E-state index contributed by atoms with van der Waals surface area (Å²) in [7, 11) is 0. The van der Waals surface area contributed by atoms with Crippen molar-refractivity contribution in [1.82, 2.24) is 19.9 Å². The van der Waals surface area contributed by atoms with Gasteiger partial charge in [-0.2, -0.15) is 0 Å². The molecule has 1 aliphatic carbocycles. The highest BCUT2D eigenvalue weighted by Gasteiger charge is 2.48. The lowest BCUT2D eigenvalue weighted by Gasteiger charge is -2.53. The molecule has 5 heterocycles. The second-order valence-corrected chi connectivity index (χ2v) is 9.67. The maximum Gasteiger partial charge on any atom is 0.209 e. The van der Waals surface area contributed by atoms with Crippen molar-refractivity contribution in [3.8, 4) is 0 Å². The van der Waals surface area contributed by atoms with Crippen molar-refractivity contribution in [1.29, 1.82) is 5.41 Å². The van der Waals surface area contributed by atoms with Crippen LogP contribution in [0, 0.1) is 10.8 Å². The fourth-order valence-electron chi connectivity index (χ4n) is 4.44. The zero-order chi connectivity index (χ0) is 22.1. The number of hydrogen-bond donors (Lipinski definition) is 3.